The summed E-state index contributed by atoms with van der Waals surface area (Å²) in [6, 6.07) is 1.97. The van der Waals surface area contributed by atoms with Crippen LogP contribution >= 0.6 is 11.3 Å². The number of aromatic nitrogens is 5. The van der Waals surface area contributed by atoms with Crippen LogP contribution in [0.1, 0.15) is 21.3 Å². The van der Waals surface area contributed by atoms with Gasteiger partial charge < -0.3 is 5.32 Å². The molecule has 1 N–H and O–H groups in total. The van der Waals surface area contributed by atoms with Gasteiger partial charge in [-0.25, -0.2) is 4.98 Å². The average molecular weight is 274 g/mol. The molecule has 7 heteroatoms. The van der Waals surface area contributed by atoms with Gasteiger partial charge in [0.05, 0.1) is 23.6 Å². The summed E-state index contributed by atoms with van der Waals surface area (Å²) in [4.78, 5) is 5.77. The third-order valence-corrected chi connectivity index (χ3v) is 3.97. The maximum absolute atomic E-state index is 4.51. The molecule has 3 heterocycles. The van der Waals surface area contributed by atoms with Gasteiger partial charge in [-0.2, -0.15) is 9.61 Å². The number of rotatable bonds is 3. The standard InChI is InChI=1S/C12H14N6S/c1-7-4-10(12-16-14-6-18(12)17-7)13-5-11-15-8(2)9(3)19-11/h4,6,13H,5H2,1-3H3. The molecule has 0 amide bonds. The quantitative estimate of drug-likeness (QED) is 0.792. The lowest BCUT2D eigenvalue weighted by atomic mass is 10.3. The zero-order chi connectivity index (χ0) is 13.4. The number of nitrogens with zero attached hydrogens (tertiary/aromatic N) is 5. The molecule has 0 aliphatic heterocycles. The van der Waals surface area contributed by atoms with Gasteiger partial charge in [-0.15, -0.1) is 21.5 Å². The van der Waals surface area contributed by atoms with Crippen LogP contribution in [-0.2, 0) is 6.54 Å². The fourth-order valence-electron chi connectivity index (χ4n) is 1.87. The monoisotopic (exact) mass is 274 g/mol. The van der Waals surface area contributed by atoms with E-state index in [1.807, 2.05) is 19.9 Å². The highest BCUT2D eigenvalue weighted by molar-refractivity contribution is 7.11. The highest BCUT2D eigenvalue weighted by atomic mass is 32.1. The average Bonchev–Trinajstić information content (AvgIpc) is 2.94. The second kappa shape index (κ2) is 4.58. The van der Waals surface area contributed by atoms with E-state index < -0.39 is 0 Å². The zero-order valence-electron chi connectivity index (χ0n) is 11.0. The first-order valence-corrected chi connectivity index (χ1v) is 6.79. The van der Waals surface area contributed by atoms with E-state index in [4.69, 9.17) is 0 Å². The van der Waals surface area contributed by atoms with E-state index in [2.05, 4.69) is 32.5 Å². The molecule has 0 radical (unpaired) electrons. The van der Waals surface area contributed by atoms with E-state index in [0.29, 0.717) is 6.54 Å². The van der Waals surface area contributed by atoms with Crippen LogP contribution < -0.4 is 5.32 Å². The molecule has 0 spiro atoms. The van der Waals surface area contributed by atoms with Gasteiger partial charge >= 0.3 is 0 Å². The maximum atomic E-state index is 4.51. The van der Waals surface area contributed by atoms with Crippen molar-refractivity contribution >= 4 is 22.7 Å². The minimum atomic E-state index is 0.686. The van der Waals surface area contributed by atoms with Crippen molar-refractivity contribution in [2.45, 2.75) is 27.3 Å². The predicted octanol–water partition coefficient (Wildman–Crippen LogP) is 2.12. The molecule has 0 aliphatic carbocycles. The minimum Gasteiger partial charge on any atom is -0.375 e. The molecule has 0 atom stereocenters. The highest BCUT2D eigenvalue weighted by Crippen LogP contribution is 2.19. The second-order valence-corrected chi connectivity index (χ2v) is 5.69. The van der Waals surface area contributed by atoms with Crippen LogP contribution in [-0.4, -0.2) is 24.8 Å². The van der Waals surface area contributed by atoms with Crippen LogP contribution in [0.2, 0.25) is 0 Å². The van der Waals surface area contributed by atoms with Crippen LogP contribution in [0.5, 0.6) is 0 Å². The Morgan fingerprint density at radius 2 is 2.16 bits per heavy atom. The van der Waals surface area contributed by atoms with Gasteiger partial charge in [-0.05, 0) is 26.8 Å². The van der Waals surface area contributed by atoms with Gasteiger partial charge in [-0.1, -0.05) is 0 Å². The van der Waals surface area contributed by atoms with Crippen LogP contribution in [0.3, 0.4) is 0 Å². The highest BCUT2D eigenvalue weighted by Gasteiger charge is 2.08. The Bertz CT molecular complexity index is 709. The zero-order valence-corrected chi connectivity index (χ0v) is 11.8. The summed E-state index contributed by atoms with van der Waals surface area (Å²) in [5.41, 5.74) is 3.67. The molecule has 3 aromatic rings. The smallest absolute Gasteiger partial charge is 0.200 e. The number of aryl methyl sites for hydroxylation is 3. The minimum absolute atomic E-state index is 0.686. The van der Waals surface area contributed by atoms with Gasteiger partial charge in [0.1, 0.15) is 11.3 Å². The molecule has 0 aliphatic rings. The van der Waals surface area contributed by atoms with Crippen molar-refractivity contribution in [3.05, 3.63) is 33.7 Å². The predicted molar refractivity (Wildman–Crippen MR) is 74.4 cm³/mol. The first kappa shape index (κ1) is 12.0. The lowest BCUT2D eigenvalue weighted by molar-refractivity contribution is 0.892. The molecule has 0 fully saturated rings. The number of anilines is 1. The lowest BCUT2D eigenvalue weighted by Gasteiger charge is -2.06. The third-order valence-electron chi connectivity index (χ3n) is 2.89. The van der Waals surface area contributed by atoms with Crippen molar-refractivity contribution in [1.82, 2.24) is 24.8 Å². The van der Waals surface area contributed by atoms with Crippen molar-refractivity contribution in [2.24, 2.45) is 0 Å². The first-order chi connectivity index (χ1) is 9.13. The van der Waals surface area contributed by atoms with Crippen LogP contribution in [0.4, 0.5) is 5.69 Å². The Hall–Kier alpha value is -2.02. The summed E-state index contributed by atoms with van der Waals surface area (Å²) >= 11 is 1.71. The molecule has 3 rings (SSSR count). The van der Waals surface area contributed by atoms with Crippen molar-refractivity contribution in [3.8, 4) is 0 Å². The number of hydrogen-bond donors (Lipinski definition) is 1. The Morgan fingerprint density at radius 1 is 1.32 bits per heavy atom. The van der Waals surface area contributed by atoms with E-state index in [9.17, 15) is 0 Å². The van der Waals surface area contributed by atoms with Gasteiger partial charge in [0.15, 0.2) is 0 Å². The molecule has 0 aromatic carbocycles. The van der Waals surface area contributed by atoms with Crippen LogP contribution in [0.15, 0.2) is 12.4 Å². The Morgan fingerprint density at radius 3 is 2.89 bits per heavy atom. The Labute approximate surface area is 114 Å². The van der Waals surface area contributed by atoms with Crippen molar-refractivity contribution in [3.63, 3.8) is 0 Å². The summed E-state index contributed by atoms with van der Waals surface area (Å²) in [5, 5.41) is 16.7. The fourth-order valence-corrected chi connectivity index (χ4v) is 2.74. The number of hydrogen-bond acceptors (Lipinski definition) is 6. The number of nitrogens with one attached hydrogen (secondary N) is 1. The molecular formula is C12H14N6S. The molecule has 0 saturated heterocycles. The summed E-state index contributed by atoms with van der Waals surface area (Å²) < 4.78 is 1.68. The van der Waals surface area contributed by atoms with Gasteiger partial charge in [0.2, 0.25) is 5.65 Å². The molecule has 3 aromatic heterocycles. The van der Waals surface area contributed by atoms with Crippen LogP contribution in [0.25, 0.3) is 5.65 Å². The summed E-state index contributed by atoms with van der Waals surface area (Å²) in [7, 11) is 0. The third kappa shape index (κ3) is 2.28. The first-order valence-electron chi connectivity index (χ1n) is 5.98. The summed E-state index contributed by atoms with van der Waals surface area (Å²) in [5.74, 6) is 0. The largest absolute Gasteiger partial charge is 0.375 e. The van der Waals surface area contributed by atoms with Crippen molar-refractivity contribution in [2.75, 3.05) is 5.32 Å². The van der Waals surface area contributed by atoms with Crippen molar-refractivity contribution < 1.29 is 0 Å². The fraction of sp³-hybridized carbons (Fsp3) is 0.333. The summed E-state index contributed by atoms with van der Waals surface area (Å²) in [6.07, 6.45) is 1.60. The Kier molecular flexibility index (Phi) is 2.90. The topological polar surface area (TPSA) is 68.0 Å². The molecule has 0 bridgehead atoms. The number of thiazole rings is 1. The van der Waals surface area contributed by atoms with E-state index in [0.717, 1.165) is 27.7 Å². The molecule has 98 valence electrons. The van der Waals surface area contributed by atoms with Gasteiger partial charge in [0.25, 0.3) is 0 Å². The van der Waals surface area contributed by atoms with Crippen molar-refractivity contribution in [1.29, 1.82) is 0 Å². The van der Waals surface area contributed by atoms with Crippen LogP contribution in [0, 0.1) is 20.8 Å². The Balaban J connectivity index is 1.87. The molecular weight excluding hydrogens is 260 g/mol. The lowest BCUT2D eigenvalue weighted by Crippen LogP contribution is -2.04. The second-order valence-electron chi connectivity index (χ2n) is 4.40. The molecule has 0 saturated carbocycles. The SMILES string of the molecule is Cc1cc(NCc2nc(C)c(C)s2)c2nncn2n1. The van der Waals surface area contributed by atoms with E-state index in [1.165, 1.54) is 4.88 Å². The van der Waals surface area contributed by atoms with Gasteiger partial charge in [-0.3, -0.25) is 0 Å². The number of fused-ring (bicyclic) bond motifs is 1. The van der Waals surface area contributed by atoms with E-state index in [1.54, 1.807) is 22.2 Å². The van der Waals surface area contributed by atoms with E-state index >= 15 is 0 Å². The normalized spacial score (nSPS) is 11.1. The van der Waals surface area contributed by atoms with Gasteiger partial charge in [0, 0.05) is 4.88 Å². The van der Waals surface area contributed by atoms with E-state index in [-0.39, 0.29) is 0 Å². The molecule has 19 heavy (non-hydrogen) atoms. The molecule has 0 unspecified atom stereocenters. The maximum Gasteiger partial charge on any atom is 0.200 e. The molecule has 6 nitrogen and oxygen atoms in total. The summed E-state index contributed by atoms with van der Waals surface area (Å²) in [6.45, 7) is 6.75.